The number of hydrogen-bond acceptors (Lipinski definition) is 7. The van der Waals surface area contributed by atoms with E-state index in [2.05, 4.69) is 15.2 Å². The summed E-state index contributed by atoms with van der Waals surface area (Å²) < 4.78 is 5.65. The molecular weight excluding hydrogens is 486 g/mol. The van der Waals surface area contributed by atoms with E-state index in [1.165, 1.54) is 25.0 Å². The number of urea groups is 1. The fourth-order valence-electron chi connectivity index (χ4n) is 4.13. The molecule has 184 valence electrons. The Morgan fingerprint density at radius 3 is 2.79 bits per heavy atom. The Hall–Kier alpha value is -2.04. The van der Waals surface area contributed by atoms with Gasteiger partial charge in [-0.1, -0.05) is 34.1 Å². The molecule has 7 nitrogen and oxygen atoms in total. The molecule has 1 aromatic heterocycles. The lowest BCUT2D eigenvalue weighted by Crippen LogP contribution is -2.52. The van der Waals surface area contributed by atoms with Crippen molar-refractivity contribution in [2.45, 2.75) is 30.9 Å². The van der Waals surface area contributed by atoms with E-state index in [-0.39, 0.29) is 6.03 Å². The van der Waals surface area contributed by atoms with Crippen LogP contribution in [0.3, 0.4) is 0 Å². The molecule has 1 atom stereocenters. The van der Waals surface area contributed by atoms with Crippen LogP contribution in [0.2, 0.25) is 0 Å². The van der Waals surface area contributed by atoms with Crippen LogP contribution < -0.4 is 20.7 Å². The molecule has 3 N–H and O–H groups in total. The maximum Gasteiger partial charge on any atom is 0.317 e. The highest BCUT2D eigenvalue weighted by Gasteiger charge is 2.23. The highest BCUT2D eigenvalue weighted by atomic mass is 33.1. The number of anilines is 1. The summed E-state index contributed by atoms with van der Waals surface area (Å²) in [7, 11) is 5.69. The molecule has 1 aromatic carbocycles. The monoisotopic (exact) mass is 519 g/mol. The lowest BCUT2D eigenvalue weighted by atomic mass is 10.1. The Kier molecular flexibility index (Phi) is 9.29. The van der Waals surface area contributed by atoms with Crippen molar-refractivity contribution >= 4 is 56.2 Å². The zero-order valence-electron chi connectivity index (χ0n) is 19.6. The number of amidine groups is 1. The first kappa shape index (κ1) is 25.1. The van der Waals surface area contributed by atoms with Gasteiger partial charge in [-0.05, 0) is 42.8 Å². The summed E-state index contributed by atoms with van der Waals surface area (Å²) in [6.07, 6.45) is 4.83. The molecule has 0 saturated carbocycles. The summed E-state index contributed by atoms with van der Waals surface area (Å²) in [5.74, 6) is 2.55. The van der Waals surface area contributed by atoms with Crippen LogP contribution in [0.4, 0.5) is 16.2 Å². The van der Waals surface area contributed by atoms with Gasteiger partial charge in [0.25, 0.3) is 0 Å². The first-order valence-corrected chi connectivity index (χ1v) is 15.0. The highest BCUT2D eigenvalue weighted by Crippen LogP contribution is 2.39. The maximum absolute atomic E-state index is 12.6. The van der Waals surface area contributed by atoms with Crippen molar-refractivity contribution in [3.05, 3.63) is 40.6 Å². The van der Waals surface area contributed by atoms with Gasteiger partial charge in [0.2, 0.25) is 0 Å². The molecule has 0 radical (unpaired) electrons. The minimum Gasteiger partial charge on any atom is -0.495 e. The summed E-state index contributed by atoms with van der Waals surface area (Å²) in [5.41, 5.74) is 7.90. The number of carbonyl (C=O) groups is 1. The molecule has 3 heterocycles. The summed E-state index contributed by atoms with van der Waals surface area (Å²) in [6, 6.07) is 9.86. The SMILES string of the molecule is COc1cc(N=C(N)c2cccs2)ccc1N1CCN(C(=O)NCCCCC2CCSS2)CC1. The number of unbranched alkanes of at least 4 members (excludes halogenated alkanes) is 1. The number of nitrogens with two attached hydrogens (primary N) is 1. The van der Waals surface area contributed by atoms with Crippen LogP contribution in [0.1, 0.15) is 30.6 Å². The van der Waals surface area contributed by atoms with Crippen LogP contribution in [0.25, 0.3) is 0 Å². The number of thiophene rings is 1. The van der Waals surface area contributed by atoms with Gasteiger partial charge in [0.15, 0.2) is 0 Å². The number of methoxy groups -OCH3 is 1. The van der Waals surface area contributed by atoms with E-state index in [0.717, 1.165) is 53.3 Å². The van der Waals surface area contributed by atoms with E-state index in [1.54, 1.807) is 18.4 Å². The second-order valence-electron chi connectivity index (χ2n) is 8.36. The van der Waals surface area contributed by atoms with E-state index >= 15 is 0 Å². The van der Waals surface area contributed by atoms with Crippen LogP contribution in [-0.2, 0) is 0 Å². The molecule has 10 heteroatoms. The fraction of sp³-hybridized carbons (Fsp3) is 0.500. The van der Waals surface area contributed by atoms with Gasteiger partial charge in [-0.2, -0.15) is 0 Å². The number of carbonyl (C=O) groups excluding carboxylic acids is 1. The van der Waals surface area contributed by atoms with Crippen LogP contribution in [0, 0.1) is 0 Å². The number of amides is 2. The van der Waals surface area contributed by atoms with Crippen LogP contribution >= 0.6 is 32.9 Å². The Labute approximate surface area is 213 Å². The van der Waals surface area contributed by atoms with Gasteiger partial charge < -0.3 is 25.6 Å². The average Bonchev–Trinajstić information content (AvgIpc) is 3.58. The standard InChI is InChI=1S/C24H33N5O2S3/c1-31-21-17-18(27-23(25)22-6-4-15-32-22)7-8-20(21)28-11-13-29(14-12-28)24(30)26-10-3-2-5-19-9-16-33-34-19/h4,6-8,15,17,19H,2-3,5,9-14,16H2,1H3,(H2,25,27)(H,26,30). The van der Waals surface area contributed by atoms with Crippen molar-refractivity contribution in [2.24, 2.45) is 10.7 Å². The minimum absolute atomic E-state index is 0.0474. The predicted molar refractivity (Wildman–Crippen MR) is 147 cm³/mol. The van der Waals surface area contributed by atoms with Gasteiger partial charge >= 0.3 is 6.03 Å². The summed E-state index contributed by atoms with van der Waals surface area (Å²) in [4.78, 5) is 22.2. The van der Waals surface area contributed by atoms with Gasteiger partial charge in [-0.3, -0.25) is 0 Å². The van der Waals surface area contributed by atoms with Gasteiger partial charge in [0, 0.05) is 49.8 Å². The summed E-state index contributed by atoms with van der Waals surface area (Å²) >= 11 is 1.57. The maximum atomic E-state index is 12.6. The van der Waals surface area contributed by atoms with Crippen LogP contribution in [0.5, 0.6) is 5.75 Å². The molecule has 2 saturated heterocycles. The smallest absolute Gasteiger partial charge is 0.317 e. The number of benzene rings is 1. The zero-order valence-corrected chi connectivity index (χ0v) is 22.0. The van der Waals surface area contributed by atoms with Crippen molar-refractivity contribution in [2.75, 3.05) is 50.5 Å². The highest BCUT2D eigenvalue weighted by molar-refractivity contribution is 8.77. The van der Waals surface area contributed by atoms with Crippen LogP contribution in [-0.4, -0.2) is 67.6 Å². The van der Waals surface area contributed by atoms with Gasteiger partial charge in [-0.15, -0.1) is 11.3 Å². The molecule has 4 rings (SSSR count). The summed E-state index contributed by atoms with van der Waals surface area (Å²) in [6.45, 7) is 3.67. The number of aliphatic imine (C=N–C) groups is 1. The molecule has 2 aliphatic rings. The predicted octanol–water partition coefficient (Wildman–Crippen LogP) is 4.95. The Morgan fingerprint density at radius 2 is 2.09 bits per heavy atom. The van der Waals surface area contributed by atoms with E-state index in [0.29, 0.717) is 18.9 Å². The van der Waals surface area contributed by atoms with E-state index in [4.69, 9.17) is 10.5 Å². The number of hydrogen-bond donors (Lipinski definition) is 2. The van der Waals surface area contributed by atoms with Crippen molar-refractivity contribution < 1.29 is 9.53 Å². The third kappa shape index (κ3) is 6.76. The van der Waals surface area contributed by atoms with Crippen molar-refractivity contribution in [1.29, 1.82) is 0 Å². The molecule has 2 aliphatic heterocycles. The molecule has 34 heavy (non-hydrogen) atoms. The molecular formula is C24H33N5O2S3. The van der Waals surface area contributed by atoms with Crippen molar-refractivity contribution in [3.8, 4) is 5.75 Å². The number of piperazine rings is 1. The second kappa shape index (κ2) is 12.6. The number of rotatable bonds is 9. The third-order valence-corrected chi connectivity index (χ3v) is 9.95. The lowest BCUT2D eigenvalue weighted by Gasteiger charge is -2.36. The number of nitrogens with zero attached hydrogens (tertiary/aromatic N) is 3. The topological polar surface area (TPSA) is 83.2 Å². The van der Waals surface area contributed by atoms with E-state index in [9.17, 15) is 4.79 Å². The van der Waals surface area contributed by atoms with E-state index < -0.39 is 0 Å². The van der Waals surface area contributed by atoms with Crippen LogP contribution in [0.15, 0.2) is 40.7 Å². The lowest BCUT2D eigenvalue weighted by molar-refractivity contribution is 0.194. The average molecular weight is 520 g/mol. The first-order valence-electron chi connectivity index (χ1n) is 11.8. The van der Waals surface area contributed by atoms with Gasteiger partial charge in [0.1, 0.15) is 11.6 Å². The molecule has 1 unspecified atom stereocenters. The van der Waals surface area contributed by atoms with Gasteiger partial charge in [-0.25, -0.2) is 9.79 Å². The largest absolute Gasteiger partial charge is 0.495 e. The number of ether oxygens (including phenoxy) is 1. The Bertz CT molecular complexity index is 956. The quantitative estimate of drug-likeness (QED) is 0.211. The first-order chi connectivity index (χ1) is 16.6. The fourth-order valence-corrected chi connectivity index (χ4v) is 7.79. The molecule has 2 fully saturated rings. The Morgan fingerprint density at radius 1 is 1.24 bits per heavy atom. The van der Waals surface area contributed by atoms with Crippen molar-refractivity contribution in [3.63, 3.8) is 0 Å². The normalized spacial score (nSPS) is 18.9. The number of nitrogens with one attached hydrogen (secondary N) is 1. The minimum atomic E-state index is 0.0474. The van der Waals surface area contributed by atoms with Gasteiger partial charge in [0.05, 0.1) is 23.4 Å². The molecule has 2 amide bonds. The Balaban J connectivity index is 1.24. The zero-order chi connectivity index (χ0) is 23.8. The third-order valence-electron chi connectivity index (χ3n) is 6.05. The molecule has 0 aliphatic carbocycles. The molecule has 0 spiro atoms. The molecule has 0 bridgehead atoms. The van der Waals surface area contributed by atoms with Crippen molar-refractivity contribution in [1.82, 2.24) is 10.2 Å². The van der Waals surface area contributed by atoms with E-state index in [1.807, 2.05) is 62.2 Å². The second-order valence-corrected chi connectivity index (χ2v) is 12.1. The molecule has 2 aromatic rings. The summed E-state index contributed by atoms with van der Waals surface area (Å²) in [5, 5.41) is 5.89.